The van der Waals surface area contributed by atoms with Gasteiger partial charge in [0.1, 0.15) is 5.92 Å². The fraction of sp³-hybridized carbons (Fsp3) is 0.500. The van der Waals surface area contributed by atoms with Gasteiger partial charge in [0.25, 0.3) is 5.91 Å². The van der Waals surface area contributed by atoms with Crippen LogP contribution >= 0.6 is 0 Å². The van der Waals surface area contributed by atoms with Gasteiger partial charge in [-0.05, 0) is 31.5 Å². The molecule has 6 heteroatoms. The van der Waals surface area contributed by atoms with Crippen LogP contribution in [-0.4, -0.2) is 34.3 Å². The monoisotopic (exact) mass is 515 g/mol. The number of nitrogens with zero attached hydrogens (tertiary/aromatic N) is 2. The zero-order chi connectivity index (χ0) is 26.5. The van der Waals surface area contributed by atoms with Gasteiger partial charge >= 0.3 is 0 Å². The molecule has 2 fully saturated rings. The summed E-state index contributed by atoms with van der Waals surface area (Å²) in [6, 6.07) is 15.7. The standard InChI is InChI=1S/C32H41N3O3/c1-3-4-5-6-7-8-9-10-11-14-21-34-31(36)28-29(26-22-33-27-16-13-12-15-25(26)27)35(38-30(28)32(34)37)24-19-17-23(2)18-20-24/h12-13,15-20,22,28-30,33H,3-11,14,21H2,1-2H3. The highest BCUT2D eigenvalue weighted by molar-refractivity contribution is 6.08. The van der Waals surface area contributed by atoms with Crippen molar-refractivity contribution in [1.82, 2.24) is 9.88 Å². The molecule has 0 spiro atoms. The molecule has 6 nitrogen and oxygen atoms in total. The maximum atomic E-state index is 13.7. The normalized spacial score (nSPS) is 21.2. The number of hydrogen-bond acceptors (Lipinski definition) is 4. The average Bonchev–Trinajstić information content (AvgIpc) is 3.59. The van der Waals surface area contributed by atoms with Crippen LogP contribution < -0.4 is 5.06 Å². The Hall–Kier alpha value is -3.12. The van der Waals surface area contributed by atoms with Crippen molar-refractivity contribution < 1.29 is 14.4 Å². The van der Waals surface area contributed by atoms with Crippen LogP contribution in [0.3, 0.4) is 0 Å². The van der Waals surface area contributed by atoms with E-state index in [9.17, 15) is 9.59 Å². The van der Waals surface area contributed by atoms with Gasteiger partial charge in [0, 0.05) is 29.2 Å². The molecule has 0 saturated carbocycles. The summed E-state index contributed by atoms with van der Waals surface area (Å²) in [7, 11) is 0. The number of benzene rings is 2. The maximum Gasteiger partial charge on any atom is 0.261 e. The molecule has 5 rings (SSSR count). The van der Waals surface area contributed by atoms with Gasteiger partial charge in [0.05, 0.1) is 11.7 Å². The fourth-order valence-electron chi connectivity index (χ4n) is 6.02. The van der Waals surface area contributed by atoms with E-state index in [0.29, 0.717) is 6.54 Å². The van der Waals surface area contributed by atoms with Crippen LogP contribution in [-0.2, 0) is 14.4 Å². The van der Waals surface area contributed by atoms with Crippen LogP contribution in [0, 0.1) is 12.8 Å². The molecule has 2 aliphatic rings. The van der Waals surface area contributed by atoms with Gasteiger partial charge in [-0.2, -0.15) is 0 Å². The zero-order valence-electron chi connectivity index (χ0n) is 22.8. The highest BCUT2D eigenvalue weighted by Gasteiger charge is 2.60. The molecule has 2 amide bonds. The van der Waals surface area contributed by atoms with Crippen LogP contribution in [0.2, 0.25) is 0 Å². The van der Waals surface area contributed by atoms with Crippen LogP contribution in [0.15, 0.2) is 54.7 Å². The number of hydrogen-bond donors (Lipinski definition) is 1. The van der Waals surface area contributed by atoms with Gasteiger partial charge in [0.15, 0.2) is 6.10 Å². The molecule has 2 aliphatic heterocycles. The van der Waals surface area contributed by atoms with Crippen LogP contribution in [0.5, 0.6) is 0 Å². The Balaban J connectivity index is 1.26. The largest absolute Gasteiger partial charge is 0.361 e. The van der Waals surface area contributed by atoms with E-state index in [2.05, 4.69) is 18.0 Å². The number of H-pyrrole nitrogens is 1. The molecule has 1 N–H and O–H groups in total. The average molecular weight is 516 g/mol. The van der Waals surface area contributed by atoms with Crippen molar-refractivity contribution in [2.24, 2.45) is 5.92 Å². The van der Waals surface area contributed by atoms with Crippen molar-refractivity contribution in [2.45, 2.75) is 90.2 Å². The quantitative estimate of drug-likeness (QED) is 0.192. The smallest absolute Gasteiger partial charge is 0.261 e. The number of aryl methyl sites for hydroxylation is 1. The first-order valence-electron chi connectivity index (χ1n) is 14.5. The summed E-state index contributed by atoms with van der Waals surface area (Å²) in [5.74, 6) is -0.873. The number of likely N-dealkylation sites (tertiary alicyclic amines) is 1. The number of unbranched alkanes of at least 4 members (excludes halogenated alkanes) is 9. The van der Waals surface area contributed by atoms with Gasteiger partial charge in [-0.25, -0.2) is 5.06 Å². The fourth-order valence-corrected chi connectivity index (χ4v) is 6.02. The molecule has 38 heavy (non-hydrogen) atoms. The number of carbonyl (C=O) groups is 2. The van der Waals surface area contributed by atoms with Gasteiger partial charge in [-0.15, -0.1) is 0 Å². The van der Waals surface area contributed by atoms with Crippen LogP contribution in [0.25, 0.3) is 10.9 Å². The number of aromatic nitrogens is 1. The minimum atomic E-state index is -0.786. The summed E-state index contributed by atoms with van der Waals surface area (Å²) >= 11 is 0. The van der Waals surface area contributed by atoms with Gasteiger partial charge in [-0.3, -0.25) is 19.3 Å². The van der Waals surface area contributed by atoms with E-state index in [4.69, 9.17) is 4.84 Å². The number of fused-ring (bicyclic) bond motifs is 2. The van der Waals surface area contributed by atoms with Crippen molar-refractivity contribution in [3.05, 3.63) is 65.9 Å². The van der Waals surface area contributed by atoms with E-state index < -0.39 is 12.0 Å². The summed E-state index contributed by atoms with van der Waals surface area (Å²) in [5.41, 5.74) is 3.98. The third-order valence-electron chi connectivity index (χ3n) is 8.17. The number of aromatic amines is 1. The summed E-state index contributed by atoms with van der Waals surface area (Å²) in [4.78, 5) is 38.3. The Kier molecular flexibility index (Phi) is 8.48. The number of hydroxylamine groups is 1. The molecule has 0 aliphatic carbocycles. The lowest BCUT2D eigenvalue weighted by molar-refractivity contribution is -0.143. The number of nitrogens with one attached hydrogen (secondary N) is 1. The molecule has 1 aromatic heterocycles. The Morgan fingerprint density at radius 3 is 2.18 bits per heavy atom. The second-order valence-corrected chi connectivity index (χ2v) is 11.0. The van der Waals surface area contributed by atoms with E-state index in [1.807, 2.05) is 55.6 Å². The SMILES string of the molecule is CCCCCCCCCCCCN1C(=O)C2ON(c3ccc(C)cc3)C(c3c[nH]c4ccccc34)C2C1=O. The third kappa shape index (κ3) is 5.37. The Labute approximate surface area is 226 Å². The summed E-state index contributed by atoms with van der Waals surface area (Å²) in [5, 5.41) is 2.84. The number of amides is 2. The third-order valence-corrected chi connectivity index (χ3v) is 8.17. The van der Waals surface area contributed by atoms with Gasteiger partial charge in [-0.1, -0.05) is 101 Å². The Morgan fingerprint density at radius 2 is 1.47 bits per heavy atom. The molecule has 202 valence electrons. The lowest BCUT2D eigenvalue weighted by atomic mass is 9.90. The highest BCUT2D eigenvalue weighted by Crippen LogP contribution is 2.48. The lowest BCUT2D eigenvalue weighted by Gasteiger charge is -2.28. The first-order valence-corrected chi connectivity index (χ1v) is 14.5. The summed E-state index contributed by atoms with van der Waals surface area (Å²) in [6.07, 6.45) is 13.4. The summed E-state index contributed by atoms with van der Waals surface area (Å²) < 4.78 is 0. The van der Waals surface area contributed by atoms with Crippen LogP contribution in [0.1, 0.15) is 88.3 Å². The van der Waals surface area contributed by atoms with E-state index in [0.717, 1.165) is 47.0 Å². The van der Waals surface area contributed by atoms with Crippen molar-refractivity contribution in [3.8, 4) is 0 Å². The predicted molar refractivity (Wildman–Crippen MR) is 152 cm³/mol. The number of anilines is 1. The Morgan fingerprint density at radius 1 is 0.816 bits per heavy atom. The second-order valence-electron chi connectivity index (χ2n) is 11.0. The molecular formula is C32H41N3O3. The summed E-state index contributed by atoms with van der Waals surface area (Å²) in [6.45, 7) is 4.77. The molecule has 3 heterocycles. The highest BCUT2D eigenvalue weighted by atomic mass is 16.7. The minimum Gasteiger partial charge on any atom is -0.361 e. The van der Waals surface area contributed by atoms with Crippen LogP contribution in [0.4, 0.5) is 5.69 Å². The maximum absolute atomic E-state index is 13.7. The molecule has 3 atom stereocenters. The van der Waals surface area contributed by atoms with Crippen molar-refractivity contribution in [3.63, 3.8) is 0 Å². The first kappa shape index (κ1) is 26.5. The van der Waals surface area contributed by atoms with E-state index >= 15 is 0 Å². The van der Waals surface area contributed by atoms with E-state index in [-0.39, 0.29) is 17.9 Å². The topological polar surface area (TPSA) is 65.6 Å². The Bertz CT molecular complexity index is 1230. The van der Waals surface area contributed by atoms with E-state index in [1.54, 1.807) is 5.06 Å². The number of rotatable bonds is 13. The zero-order valence-corrected chi connectivity index (χ0v) is 22.8. The number of para-hydroxylation sites is 1. The van der Waals surface area contributed by atoms with E-state index in [1.165, 1.54) is 49.8 Å². The van der Waals surface area contributed by atoms with Crippen molar-refractivity contribution in [1.29, 1.82) is 0 Å². The number of carbonyl (C=O) groups excluding carboxylic acids is 2. The minimum absolute atomic E-state index is 0.110. The molecule has 0 radical (unpaired) electrons. The second kappa shape index (κ2) is 12.2. The molecule has 2 saturated heterocycles. The first-order chi connectivity index (χ1) is 18.6. The molecule has 3 aromatic rings. The van der Waals surface area contributed by atoms with Gasteiger partial charge in [0.2, 0.25) is 5.91 Å². The molecule has 3 unspecified atom stereocenters. The molecular weight excluding hydrogens is 474 g/mol. The number of imide groups is 1. The lowest BCUT2D eigenvalue weighted by Crippen LogP contribution is -2.37. The van der Waals surface area contributed by atoms with Gasteiger partial charge < -0.3 is 4.98 Å². The predicted octanol–water partition coefficient (Wildman–Crippen LogP) is 7.24. The van der Waals surface area contributed by atoms with Crippen molar-refractivity contribution >= 4 is 28.4 Å². The molecule has 0 bridgehead atoms. The molecule has 2 aromatic carbocycles. The van der Waals surface area contributed by atoms with Crippen molar-refractivity contribution in [2.75, 3.05) is 11.6 Å².